The number of benzene rings is 1. The van der Waals surface area contributed by atoms with Crippen molar-refractivity contribution in [2.45, 2.75) is 0 Å². The van der Waals surface area contributed by atoms with Gasteiger partial charge in [0, 0.05) is 18.0 Å². The molecule has 0 unspecified atom stereocenters. The molecule has 5 heteroatoms. The Labute approximate surface area is 104 Å². The second-order valence-corrected chi connectivity index (χ2v) is 3.81. The van der Waals surface area contributed by atoms with Gasteiger partial charge >= 0.3 is 0 Å². The van der Waals surface area contributed by atoms with Gasteiger partial charge in [0.1, 0.15) is 5.69 Å². The quantitative estimate of drug-likeness (QED) is 0.739. The van der Waals surface area contributed by atoms with Gasteiger partial charge < -0.3 is 5.73 Å². The fourth-order valence-electron chi connectivity index (χ4n) is 1.76. The van der Waals surface area contributed by atoms with Gasteiger partial charge in [-0.15, -0.1) is 5.10 Å². The molecule has 0 aliphatic carbocycles. The van der Waals surface area contributed by atoms with E-state index in [9.17, 15) is 0 Å². The van der Waals surface area contributed by atoms with Gasteiger partial charge in [0.15, 0.2) is 5.82 Å². The predicted molar refractivity (Wildman–Crippen MR) is 69.0 cm³/mol. The van der Waals surface area contributed by atoms with Gasteiger partial charge in [0.2, 0.25) is 0 Å². The molecule has 2 N–H and O–H groups in total. The molecule has 0 aliphatic heterocycles. The Kier molecular flexibility index (Phi) is 2.49. The molecule has 0 saturated heterocycles. The van der Waals surface area contributed by atoms with E-state index in [-0.39, 0.29) is 0 Å². The second kappa shape index (κ2) is 4.29. The Bertz CT molecular complexity index is 589. The highest BCUT2D eigenvalue weighted by atomic mass is 15.5. The number of aromatic nitrogens is 4. The van der Waals surface area contributed by atoms with Crippen LogP contribution in [0.3, 0.4) is 0 Å². The van der Waals surface area contributed by atoms with E-state index in [1.807, 2.05) is 42.5 Å². The molecule has 2 aromatic heterocycles. The van der Waals surface area contributed by atoms with Crippen LogP contribution in [0.25, 0.3) is 16.9 Å². The maximum Gasteiger partial charge on any atom is 0.155 e. The normalized spacial score (nSPS) is 10.4. The van der Waals surface area contributed by atoms with E-state index in [4.69, 9.17) is 5.73 Å². The Morgan fingerprint density at radius 2 is 1.67 bits per heavy atom. The molecule has 18 heavy (non-hydrogen) atoms. The standard InChI is InChI=1S/C13H11N5/c14-13-12(10-6-8-15-9-7-10)16-17-18(13)11-4-2-1-3-5-11/h1-9H,14H2. The molecule has 0 fully saturated rings. The smallest absolute Gasteiger partial charge is 0.155 e. The van der Waals surface area contributed by atoms with E-state index < -0.39 is 0 Å². The zero-order chi connectivity index (χ0) is 12.4. The molecule has 0 radical (unpaired) electrons. The van der Waals surface area contributed by atoms with Crippen LogP contribution in [-0.2, 0) is 0 Å². The summed E-state index contributed by atoms with van der Waals surface area (Å²) in [5.74, 6) is 0.521. The Morgan fingerprint density at radius 3 is 2.39 bits per heavy atom. The van der Waals surface area contributed by atoms with Crippen LogP contribution in [0.4, 0.5) is 5.82 Å². The van der Waals surface area contributed by atoms with Crippen LogP contribution < -0.4 is 5.73 Å². The Morgan fingerprint density at radius 1 is 0.944 bits per heavy atom. The molecule has 1 aromatic carbocycles. The average Bonchev–Trinajstić information content (AvgIpc) is 2.83. The molecule has 3 rings (SSSR count). The summed E-state index contributed by atoms with van der Waals surface area (Å²) < 4.78 is 1.62. The molecular weight excluding hydrogens is 226 g/mol. The first-order valence-corrected chi connectivity index (χ1v) is 5.53. The number of nitrogens with zero attached hydrogens (tertiary/aromatic N) is 4. The maximum absolute atomic E-state index is 6.08. The number of hydrogen-bond acceptors (Lipinski definition) is 4. The molecule has 0 atom stereocenters. The Hall–Kier alpha value is -2.69. The van der Waals surface area contributed by atoms with Crippen LogP contribution in [0, 0.1) is 0 Å². The van der Waals surface area contributed by atoms with E-state index >= 15 is 0 Å². The van der Waals surface area contributed by atoms with Gasteiger partial charge in [-0.2, -0.15) is 4.68 Å². The molecule has 0 saturated carbocycles. The number of nitrogen functional groups attached to an aromatic ring is 1. The van der Waals surface area contributed by atoms with Crippen LogP contribution in [0.5, 0.6) is 0 Å². The van der Waals surface area contributed by atoms with Gasteiger partial charge in [-0.3, -0.25) is 4.98 Å². The summed E-state index contributed by atoms with van der Waals surface area (Å²) in [6, 6.07) is 13.4. The summed E-state index contributed by atoms with van der Waals surface area (Å²) in [6.07, 6.45) is 3.41. The van der Waals surface area contributed by atoms with E-state index in [1.165, 1.54) is 0 Å². The lowest BCUT2D eigenvalue weighted by molar-refractivity contribution is 0.810. The topological polar surface area (TPSA) is 69.6 Å². The number of pyridine rings is 1. The molecule has 2 heterocycles. The number of para-hydroxylation sites is 1. The fourth-order valence-corrected chi connectivity index (χ4v) is 1.76. The van der Waals surface area contributed by atoms with Crippen molar-refractivity contribution in [2.24, 2.45) is 0 Å². The number of anilines is 1. The lowest BCUT2D eigenvalue weighted by Crippen LogP contribution is -2.01. The number of hydrogen-bond donors (Lipinski definition) is 1. The van der Waals surface area contributed by atoms with E-state index in [2.05, 4.69) is 15.3 Å². The van der Waals surface area contributed by atoms with Crippen molar-refractivity contribution in [1.29, 1.82) is 0 Å². The minimum Gasteiger partial charge on any atom is -0.382 e. The summed E-state index contributed by atoms with van der Waals surface area (Å²) in [6.45, 7) is 0. The average molecular weight is 237 g/mol. The van der Waals surface area contributed by atoms with Crippen molar-refractivity contribution in [3.05, 3.63) is 54.9 Å². The third-order valence-electron chi connectivity index (χ3n) is 2.66. The minimum absolute atomic E-state index is 0.521. The highest BCUT2D eigenvalue weighted by Crippen LogP contribution is 2.24. The SMILES string of the molecule is Nc1c(-c2ccncc2)nnn1-c1ccccc1. The first-order chi connectivity index (χ1) is 8.86. The molecule has 0 amide bonds. The number of rotatable bonds is 2. The molecule has 3 aromatic rings. The zero-order valence-electron chi connectivity index (χ0n) is 9.56. The van der Waals surface area contributed by atoms with E-state index in [0.717, 1.165) is 11.3 Å². The third-order valence-corrected chi connectivity index (χ3v) is 2.66. The third kappa shape index (κ3) is 1.71. The van der Waals surface area contributed by atoms with E-state index in [1.54, 1.807) is 17.1 Å². The maximum atomic E-state index is 6.08. The molecule has 5 nitrogen and oxygen atoms in total. The largest absolute Gasteiger partial charge is 0.382 e. The molecule has 0 spiro atoms. The lowest BCUT2D eigenvalue weighted by Gasteiger charge is -2.02. The highest BCUT2D eigenvalue weighted by Gasteiger charge is 2.12. The van der Waals surface area contributed by atoms with Crippen molar-refractivity contribution in [3.8, 4) is 16.9 Å². The molecule has 88 valence electrons. The Balaban J connectivity index is 2.09. The highest BCUT2D eigenvalue weighted by molar-refractivity contribution is 5.70. The van der Waals surface area contributed by atoms with Gasteiger partial charge in [-0.1, -0.05) is 23.4 Å². The van der Waals surface area contributed by atoms with Crippen molar-refractivity contribution < 1.29 is 0 Å². The van der Waals surface area contributed by atoms with Gasteiger partial charge in [0.25, 0.3) is 0 Å². The second-order valence-electron chi connectivity index (χ2n) is 3.81. The monoisotopic (exact) mass is 237 g/mol. The van der Waals surface area contributed by atoms with Crippen LogP contribution in [0.15, 0.2) is 54.9 Å². The minimum atomic E-state index is 0.521. The summed E-state index contributed by atoms with van der Waals surface area (Å²) in [5.41, 5.74) is 8.55. The summed E-state index contributed by atoms with van der Waals surface area (Å²) in [5, 5.41) is 8.21. The van der Waals surface area contributed by atoms with E-state index in [0.29, 0.717) is 11.5 Å². The first kappa shape index (κ1) is 10.5. The lowest BCUT2D eigenvalue weighted by atomic mass is 10.2. The van der Waals surface area contributed by atoms with Gasteiger partial charge in [-0.25, -0.2) is 0 Å². The molecule has 0 bridgehead atoms. The fraction of sp³-hybridized carbons (Fsp3) is 0. The van der Waals surface area contributed by atoms with Gasteiger partial charge in [-0.05, 0) is 24.3 Å². The van der Waals surface area contributed by atoms with Crippen molar-refractivity contribution >= 4 is 5.82 Å². The summed E-state index contributed by atoms with van der Waals surface area (Å²) in [7, 11) is 0. The van der Waals surface area contributed by atoms with Crippen molar-refractivity contribution in [2.75, 3.05) is 5.73 Å². The van der Waals surface area contributed by atoms with Crippen molar-refractivity contribution in [3.63, 3.8) is 0 Å². The first-order valence-electron chi connectivity index (χ1n) is 5.53. The molecular formula is C13H11N5. The van der Waals surface area contributed by atoms with Crippen molar-refractivity contribution in [1.82, 2.24) is 20.0 Å². The van der Waals surface area contributed by atoms with Crippen LogP contribution in [-0.4, -0.2) is 20.0 Å². The number of nitrogens with two attached hydrogens (primary N) is 1. The predicted octanol–water partition coefficient (Wildman–Crippen LogP) is 1.91. The molecule has 0 aliphatic rings. The van der Waals surface area contributed by atoms with Crippen LogP contribution in [0.1, 0.15) is 0 Å². The summed E-state index contributed by atoms with van der Waals surface area (Å²) >= 11 is 0. The van der Waals surface area contributed by atoms with Crippen LogP contribution in [0.2, 0.25) is 0 Å². The van der Waals surface area contributed by atoms with Crippen LogP contribution >= 0.6 is 0 Å². The van der Waals surface area contributed by atoms with Gasteiger partial charge in [0.05, 0.1) is 5.69 Å². The zero-order valence-corrected chi connectivity index (χ0v) is 9.56. The summed E-state index contributed by atoms with van der Waals surface area (Å²) in [4.78, 5) is 3.97.